The van der Waals surface area contributed by atoms with Crippen molar-refractivity contribution in [3.8, 4) is 0 Å². The minimum Gasteiger partial charge on any atom is -0.362 e. The van der Waals surface area contributed by atoms with Crippen molar-refractivity contribution >= 4 is 17.6 Å². The molecule has 136 valence electrons. The molecular formula is C18H24FN3O3. The van der Waals surface area contributed by atoms with Gasteiger partial charge in [-0.3, -0.25) is 4.79 Å². The third kappa shape index (κ3) is 3.92. The molecule has 2 heterocycles. The van der Waals surface area contributed by atoms with Crippen LogP contribution in [0.3, 0.4) is 0 Å². The SMILES string of the molecule is CN(C)C(=O)C1CCC2(CCN(C(=O)Nc3ccc(F)cc3)CC2)O1. The minimum absolute atomic E-state index is 0.00774. The summed E-state index contributed by atoms with van der Waals surface area (Å²) >= 11 is 0. The number of hydrogen-bond acceptors (Lipinski definition) is 3. The van der Waals surface area contributed by atoms with E-state index in [4.69, 9.17) is 4.74 Å². The van der Waals surface area contributed by atoms with Gasteiger partial charge in [-0.1, -0.05) is 0 Å². The van der Waals surface area contributed by atoms with Crippen molar-refractivity contribution < 1.29 is 18.7 Å². The number of carbonyl (C=O) groups excluding carboxylic acids is 2. The molecule has 1 aromatic carbocycles. The van der Waals surface area contributed by atoms with E-state index in [1.807, 2.05) is 0 Å². The van der Waals surface area contributed by atoms with Gasteiger partial charge < -0.3 is 19.9 Å². The number of halogens is 1. The highest BCUT2D eigenvalue weighted by atomic mass is 19.1. The van der Waals surface area contributed by atoms with Crippen LogP contribution in [0.5, 0.6) is 0 Å². The minimum atomic E-state index is -0.366. The molecule has 2 aliphatic heterocycles. The van der Waals surface area contributed by atoms with Gasteiger partial charge in [0.2, 0.25) is 0 Å². The number of nitrogens with zero attached hydrogens (tertiary/aromatic N) is 2. The summed E-state index contributed by atoms with van der Waals surface area (Å²) < 4.78 is 19.0. The van der Waals surface area contributed by atoms with Crippen LogP contribution in [0.2, 0.25) is 0 Å². The van der Waals surface area contributed by atoms with Crippen molar-refractivity contribution in [2.75, 3.05) is 32.5 Å². The van der Waals surface area contributed by atoms with E-state index >= 15 is 0 Å². The van der Waals surface area contributed by atoms with Crippen molar-refractivity contribution in [3.63, 3.8) is 0 Å². The number of benzene rings is 1. The second-order valence-electron chi connectivity index (χ2n) is 6.98. The van der Waals surface area contributed by atoms with E-state index in [9.17, 15) is 14.0 Å². The third-order valence-corrected chi connectivity index (χ3v) is 5.03. The van der Waals surface area contributed by atoms with Crippen molar-refractivity contribution in [2.24, 2.45) is 0 Å². The smallest absolute Gasteiger partial charge is 0.321 e. The summed E-state index contributed by atoms with van der Waals surface area (Å²) in [6, 6.07) is 5.51. The number of likely N-dealkylation sites (N-methyl/N-ethyl adjacent to an activating group) is 1. The van der Waals surface area contributed by atoms with Gasteiger partial charge in [0.25, 0.3) is 5.91 Å². The van der Waals surface area contributed by atoms with E-state index in [-0.39, 0.29) is 29.5 Å². The first kappa shape index (κ1) is 17.7. The number of piperidine rings is 1. The quantitative estimate of drug-likeness (QED) is 0.892. The molecule has 0 aromatic heterocycles. The van der Waals surface area contributed by atoms with Crippen LogP contribution < -0.4 is 5.32 Å². The highest BCUT2D eigenvalue weighted by Gasteiger charge is 2.45. The van der Waals surface area contributed by atoms with Crippen LogP contribution in [0.25, 0.3) is 0 Å². The van der Waals surface area contributed by atoms with Crippen molar-refractivity contribution in [3.05, 3.63) is 30.1 Å². The predicted octanol–water partition coefficient (Wildman–Crippen LogP) is 2.46. The van der Waals surface area contributed by atoms with Crippen molar-refractivity contribution in [2.45, 2.75) is 37.4 Å². The molecule has 1 atom stereocenters. The molecule has 0 radical (unpaired) electrons. The Morgan fingerprint density at radius 3 is 2.44 bits per heavy atom. The molecule has 7 heteroatoms. The normalized spacial score (nSPS) is 22.0. The molecule has 3 rings (SSSR count). The van der Waals surface area contributed by atoms with Gasteiger partial charge in [-0.15, -0.1) is 0 Å². The standard InChI is InChI=1S/C18H24FN3O3/c1-21(2)16(23)15-7-8-18(25-15)9-11-22(12-10-18)17(24)20-14-5-3-13(19)4-6-14/h3-6,15H,7-12H2,1-2H3,(H,20,24). The fourth-order valence-corrected chi connectivity index (χ4v) is 3.50. The highest BCUT2D eigenvalue weighted by Crippen LogP contribution is 2.39. The number of carbonyl (C=O) groups is 2. The lowest BCUT2D eigenvalue weighted by atomic mass is 9.88. The number of anilines is 1. The molecule has 25 heavy (non-hydrogen) atoms. The van der Waals surface area contributed by atoms with Crippen molar-refractivity contribution in [1.29, 1.82) is 0 Å². The molecule has 1 spiro atoms. The Hall–Kier alpha value is -2.15. The maximum Gasteiger partial charge on any atom is 0.321 e. The molecule has 2 saturated heterocycles. The van der Waals surface area contributed by atoms with Crippen LogP contribution >= 0.6 is 0 Å². The van der Waals surface area contributed by atoms with Crippen LogP contribution in [0.15, 0.2) is 24.3 Å². The number of hydrogen-bond donors (Lipinski definition) is 1. The zero-order chi connectivity index (χ0) is 18.0. The topological polar surface area (TPSA) is 61.9 Å². The molecule has 1 aromatic rings. The zero-order valence-corrected chi connectivity index (χ0v) is 14.6. The zero-order valence-electron chi connectivity index (χ0n) is 14.6. The number of amides is 3. The lowest BCUT2D eigenvalue weighted by Crippen LogP contribution is -2.48. The summed E-state index contributed by atoms with van der Waals surface area (Å²) in [5, 5.41) is 2.78. The molecular weight excluding hydrogens is 325 g/mol. The van der Waals surface area contributed by atoms with E-state index in [0.717, 1.165) is 25.7 Å². The Morgan fingerprint density at radius 1 is 1.20 bits per heavy atom. The first-order valence-corrected chi connectivity index (χ1v) is 8.59. The molecule has 0 bridgehead atoms. The first-order chi connectivity index (χ1) is 11.9. The molecule has 0 saturated carbocycles. The van der Waals surface area contributed by atoms with E-state index < -0.39 is 0 Å². The van der Waals surface area contributed by atoms with Gasteiger partial charge in [0.15, 0.2) is 0 Å². The molecule has 6 nitrogen and oxygen atoms in total. The Kier molecular flexibility index (Phi) is 4.94. The van der Waals surface area contributed by atoms with Gasteiger partial charge >= 0.3 is 6.03 Å². The average molecular weight is 349 g/mol. The summed E-state index contributed by atoms with van der Waals surface area (Å²) in [6.45, 7) is 1.16. The van der Waals surface area contributed by atoms with Gasteiger partial charge in [-0.2, -0.15) is 0 Å². The molecule has 3 amide bonds. The first-order valence-electron chi connectivity index (χ1n) is 8.59. The molecule has 2 fully saturated rings. The van der Waals surface area contributed by atoms with Crippen LogP contribution in [-0.4, -0.2) is 60.6 Å². The maximum atomic E-state index is 12.9. The molecule has 1 N–H and O–H groups in total. The van der Waals surface area contributed by atoms with Gasteiger partial charge in [-0.25, -0.2) is 9.18 Å². The maximum absolute atomic E-state index is 12.9. The summed E-state index contributed by atoms with van der Waals surface area (Å²) in [5.74, 6) is -0.327. The third-order valence-electron chi connectivity index (χ3n) is 5.03. The largest absolute Gasteiger partial charge is 0.362 e. The number of rotatable bonds is 2. The van der Waals surface area contributed by atoms with Crippen LogP contribution in [0.1, 0.15) is 25.7 Å². The second-order valence-corrected chi connectivity index (χ2v) is 6.98. The van der Waals surface area contributed by atoms with E-state index in [1.54, 1.807) is 23.9 Å². The number of urea groups is 1. The summed E-state index contributed by atoms with van der Waals surface area (Å²) in [7, 11) is 3.47. The Morgan fingerprint density at radius 2 is 1.84 bits per heavy atom. The van der Waals surface area contributed by atoms with Crippen LogP contribution in [-0.2, 0) is 9.53 Å². The molecule has 1 unspecified atom stereocenters. The van der Waals surface area contributed by atoms with Gasteiger partial charge in [0, 0.05) is 32.9 Å². The monoisotopic (exact) mass is 349 g/mol. The van der Waals surface area contributed by atoms with Crippen LogP contribution in [0.4, 0.5) is 14.9 Å². The number of likely N-dealkylation sites (tertiary alicyclic amines) is 1. The Balaban J connectivity index is 1.52. The lowest BCUT2D eigenvalue weighted by molar-refractivity contribution is -0.148. The number of nitrogens with one attached hydrogen (secondary N) is 1. The fraction of sp³-hybridized carbons (Fsp3) is 0.556. The van der Waals surface area contributed by atoms with E-state index in [0.29, 0.717) is 18.8 Å². The summed E-state index contributed by atoms with van der Waals surface area (Å²) in [6.07, 6.45) is 2.67. The Labute approximate surface area is 146 Å². The average Bonchev–Trinajstić information content (AvgIpc) is 3.00. The molecule has 2 aliphatic rings. The highest BCUT2D eigenvalue weighted by molar-refractivity contribution is 5.89. The molecule has 0 aliphatic carbocycles. The van der Waals surface area contributed by atoms with Crippen LogP contribution in [0, 0.1) is 5.82 Å². The second kappa shape index (κ2) is 7.00. The van der Waals surface area contributed by atoms with Gasteiger partial charge in [0.05, 0.1) is 5.60 Å². The fourth-order valence-electron chi connectivity index (χ4n) is 3.50. The summed E-state index contributed by atoms with van der Waals surface area (Å²) in [5.41, 5.74) is 0.281. The van der Waals surface area contributed by atoms with E-state index in [1.165, 1.54) is 24.3 Å². The number of ether oxygens (including phenoxy) is 1. The Bertz CT molecular complexity index is 639. The van der Waals surface area contributed by atoms with Gasteiger partial charge in [-0.05, 0) is 49.9 Å². The lowest BCUT2D eigenvalue weighted by Gasteiger charge is -2.39. The predicted molar refractivity (Wildman–Crippen MR) is 91.8 cm³/mol. The summed E-state index contributed by atoms with van der Waals surface area (Å²) in [4.78, 5) is 27.7. The van der Waals surface area contributed by atoms with E-state index in [2.05, 4.69) is 5.32 Å². The van der Waals surface area contributed by atoms with Crippen molar-refractivity contribution in [1.82, 2.24) is 9.80 Å². The van der Waals surface area contributed by atoms with Gasteiger partial charge in [0.1, 0.15) is 11.9 Å².